The average molecular weight is 233 g/mol. The minimum Gasteiger partial charge on any atom is -0.338 e. The van der Waals surface area contributed by atoms with Gasteiger partial charge in [-0.15, -0.1) is 0 Å². The maximum atomic E-state index is 4.30. The number of nitrogens with one attached hydrogen (secondary N) is 1. The highest BCUT2D eigenvalue weighted by Crippen LogP contribution is 2.09. The fourth-order valence-corrected chi connectivity index (χ4v) is 1.95. The number of nitrogens with zero attached hydrogens (tertiary/aromatic N) is 4. The molecule has 0 saturated heterocycles. The molecule has 1 unspecified atom stereocenters. The van der Waals surface area contributed by atoms with Gasteiger partial charge in [-0.05, 0) is 13.0 Å². The van der Waals surface area contributed by atoms with E-state index in [1.54, 1.807) is 0 Å². The van der Waals surface area contributed by atoms with Gasteiger partial charge in [-0.25, -0.2) is 4.98 Å². The lowest BCUT2D eigenvalue weighted by Crippen LogP contribution is -2.24. The number of hydrogen-bond acceptors (Lipinski definition) is 3. The fourth-order valence-electron chi connectivity index (χ4n) is 1.95. The van der Waals surface area contributed by atoms with Gasteiger partial charge in [-0.2, -0.15) is 5.10 Å². The lowest BCUT2D eigenvalue weighted by atomic mass is 10.2. The highest BCUT2D eigenvalue weighted by atomic mass is 15.3. The van der Waals surface area contributed by atoms with E-state index in [-0.39, 0.29) is 0 Å². The molecule has 0 aliphatic carbocycles. The summed E-state index contributed by atoms with van der Waals surface area (Å²) < 4.78 is 3.95. The molecule has 0 amide bonds. The molecule has 5 heteroatoms. The molecular formula is C12H19N5. The largest absolute Gasteiger partial charge is 0.338 e. The van der Waals surface area contributed by atoms with Gasteiger partial charge in [0.2, 0.25) is 0 Å². The normalized spacial score (nSPS) is 12.9. The maximum absolute atomic E-state index is 4.30. The Morgan fingerprint density at radius 3 is 2.76 bits per heavy atom. The van der Waals surface area contributed by atoms with Crippen LogP contribution in [0.15, 0.2) is 24.7 Å². The van der Waals surface area contributed by atoms with E-state index in [0.717, 1.165) is 18.8 Å². The SMILES string of the molecule is CC(NCCc1nccn1C)c1ccnn1C. The molecule has 5 nitrogen and oxygen atoms in total. The molecule has 1 N–H and O–H groups in total. The van der Waals surface area contributed by atoms with Gasteiger partial charge in [-0.1, -0.05) is 0 Å². The smallest absolute Gasteiger partial charge is 0.109 e. The van der Waals surface area contributed by atoms with Crippen molar-refractivity contribution >= 4 is 0 Å². The predicted molar refractivity (Wildman–Crippen MR) is 66.5 cm³/mol. The number of aromatic nitrogens is 4. The summed E-state index contributed by atoms with van der Waals surface area (Å²) in [6.07, 6.45) is 6.57. The van der Waals surface area contributed by atoms with E-state index in [1.165, 1.54) is 5.69 Å². The van der Waals surface area contributed by atoms with Crippen molar-refractivity contribution in [2.75, 3.05) is 6.54 Å². The van der Waals surface area contributed by atoms with E-state index in [4.69, 9.17) is 0 Å². The second-order valence-electron chi connectivity index (χ2n) is 4.26. The zero-order valence-corrected chi connectivity index (χ0v) is 10.6. The van der Waals surface area contributed by atoms with Crippen LogP contribution in [-0.2, 0) is 20.5 Å². The third kappa shape index (κ3) is 2.74. The minimum absolute atomic E-state index is 0.308. The summed E-state index contributed by atoms with van der Waals surface area (Å²) >= 11 is 0. The molecule has 0 spiro atoms. The first kappa shape index (κ1) is 11.9. The Morgan fingerprint density at radius 2 is 2.18 bits per heavy atom. The maximum Gasteiger partial charge on any atom is 0.109 e. The molecule has 0 radical (unpaired) electrons. The number of aryl methyl sites for hydroxylation is 2. The first-order valence-corrected chi connectivity index (χ1v) is 5.86. The topological polar surface area (TPSA) is 47.7 Å². The third-order valence-electron chi connectivity index (χ3n) is 3.02. The molecule has 1 atom stereocenters. The van der Waals surface area contributed by atoms with Crippen LogP contribution in [0, 0.1) is 0 Å². The first-order chi connectivity index (χ1) is 8.18. The van der Waals surface area contributed by atoms with E-state index < -0.39 is 0 Å². The van der Waals surface area contributed by atoms with Crippen molar-refractivity contribution in [3.63, 3.8) is 0 Å². The van der Waals surface area contributed by atoms with E-state index in [0.29, 0.717) is 6.04 Å². The van der Waals surface area contributed by atoms with Crippen molar-refractivity contribution in [3.05, 3.63) is 36.2 Å². The van der Waals surface area contributed by atoms with Crippen LogP contribution >= 0.6 is 0 Å². The van der Waals surface area contributed by atoms with Crippen molar-refractivity contribution in [2.45, 2.75) is 19.4 Å². The van der Waals surface area contributed by atoms with Crippen LogP contribution < -0.4 is 5.32 Å². The van der Waals surface area contributed by atoms with E-state index >= 15 is 0 Å². The highest BCUT2D eigenvalue weighted by Gasteiger charge is 2.08. The monoisotopic (exact) mass is 233 g/mol. The molecule has 0 aliphatic rings. The Labute approximate surface area is 101 Å². The van der Waals surface area contributed by atoms with Gasteiger partial charge in [0.1, 0.15) is 5.82 Å². The molecule has 92 valence electrons. The third-order valence-corrected chi connectivity index (χ3v) is 3.02. The number of rotatable bonds is 5. The number of hydrogen-bond donors (Lipinski definition) is 1. The molecular weight excluding hydrogens is 214 g/mol. The molecule has 2 aromatic rings. The molecule has 0 aromatic carbocycles. The lowest BCUT2D eigenvalue weighted by Gasteiger charge is -2.13. The summed E-state index contributed by atoms with van der Waals surface area (Å²) in [7, 11) is 3.99. The summed E-state index contributed by atoms with van der Waals surface area (Å²) in [5.74, 6) is 1.11. The van der Waals surface area contributed by atoms with Gasteiger partial charge in [-0.3, -0.25) is 4.68 Å². The zero-order chi connectivity index (χ0) is 12.3. The first-order valence-electron chi connectivity index (χ1n) is 5.86. The zero-order valence-electron chi connectivity index (χ0n) is 10.6. The van der Waals surface area contributed by atoms with Crippen LogP contribution in [0.5, 0.6) is 0 Å². The van der Waals surface area contributed by atoms with E-state index in [1.807, 2.05) is 43.4 Å². The molecule has 17 heavy (non-hydrogen) atoms. The van der Waals surface area contributed by atoms with Gasteiger partial charge >= 0.3 is 0 Å². The number of imidazole rings is 1. The quantitative estimate of drug-likeness (QED) is 0.839. The molecule has 0 saturated carbocycles. The van der Waals surface area contributed by atoms with Gasteiger partial charge in [0.15, 0.2) is 0 Å². The van der Waals surface area contributed by atoms with E-state index in [9.17, 15) is 0 Å². The Hall–Kier alpha value is -1.62. The Kier molecular flexibility index (Phi) is 3.58. The van der Waals surface area contributed by atoms with Crippen LogP contribution in [0.2, 0.25) is 0 Å². The summed E-state index contributed by atoms with van der Waals surface area (Å²) in [5.41, 5.74) is 1.20. The van der Waals surface area contributed by atoms with Gasteiger partial charge in [0.25, 0.3) is 0 Å². The minimum atomic E-state index is 0.308. The molecule has 2 rings (SSSR count). The van der Waals surface area contributed by atoms with Crippen LogP contribution in [0.25, 0.3) is 0 Å². The highest BCUT2D eigenvalue weighted by molar-refractivity contribution is 5.05. The van der Waals surface area contributed by atoms with Crippen LogP contribution in [0.1, 0.15) is 24.5 Å². The summed E-state index contributed by atoms with van der Waals surface area (Å²) in [5, 5.41) is 7.65. The predicted octanol–water partition coefficient (Wildman–Crippen LogP) is 1.05. The second kappa shape index (κ2) is 5.14. The van der Waals surface area contributed by atoms with Crippen molar-refractivity contribution in [1.29, 1.82) is 0 Å². The molecule has 0 bridgehead atoms. The molecule has 2 aromatic heterocycles. The average Bonchev–Trinajstić information content (AvgIpc) is 2.88. The van der Waals surface area contributed by atoms with Crippen molar-refractivity contribution in [2.24, 2.45) is 14.1 Å². The van der Waals surface area contributed by atoms with Gasteiger partial charge in [0, 0.05) is 51.7 Å². The standard InChI is InChI=1S/C12H19N5/c1-10(11-4-7-15-17(11)3)13-6-5-12-14-8-9-16(12)2/h4,7-10,13H,5-6H2,1-3H3. The molecule has 0 aliphatic heterocycles. The second-order valence-corrected chi connectivity index (χ2v) is 4.26. The molecule has 2 heterocycles. The van der Waals surface area contributed by atoms with E-state index in [2.05, 4.69) is 26.9 Å². The van der Waals surface area contributed by atoms with Crippen molar-refractivity contribution in [3.8, 4) is 0 Å². The van der Waals surface area contributed by atoms with Crippen LogP contribution in [-0.4, -0.2) is 25.9 Å². The Balaban J connectivity index is 1.83. The summed E-state index contributed by atoms with van der Waals surface area (Å²) in [6.45, 7) is 3.06. The van der Waals surface area contributed by atoms with Gasteiger partial charge in [0.05, 0.1) is 5.69 Å². The van der Waals surface area contributed by atoms with Crippen LogP contribution in [0.4, 0.5) is 0 Å². The summed E-state index contributed by atoms with van der Waals surface area (Å²) in [6, 6.07) is 2.35. The van der Waals surface area contributed by atoms with Gasteiger partial charge < -0.3 is 9.88 Å². The van der Waals surface area contributed by atoms with Crippen LogP contribution in [0.3, 0.4) is 0 Å². The van der Waals surface area contributed by atoms with Crippen molar-refractivity contribution < 1.29 is 0 Å². The Bertz CT molecular complexity index is 471. The Morgan fingerprint density at radius 1 is 1.35 bits per heavy atom. The summed E-state index contributed by atoms with van der Waals surface area (Å²) in [4.78, 5) is 4.30. The lowest BCUT2D eigenvalue weighted by molar-refractivity contribution is 0.526. The van der Waals surface area contributed by atoms with Crippen molar-refractivity contribution in [1.82, 2.24) is 24.6 Å². The molecule has 0 fully saturated rings. The fraction of sp³-hybridized carbons (Fsp3) is 0.500.